The lowest BCUT2D eigenvalue weighted by atomic mass is 10.0. The van der Waals surface area contributed by atoms with Gasteiger partial charge in [0.15, 0.2) is 11.5 Å². The van der Waals surface area contributed by atoms with Gasteiger partial charge in [-0.3, -0.25) is 0 Å². The van der Waals surface area contributed by atoms with Crippen LogP contribution in [-0.4, -0.2) is 5.60 Å². The monoisotopic (exact) mass is 283 g/mol. The van der Waals surface area contributed by atoms with Crippen LogP contribution in [0.2, 0.25) is 0 Å². The van der Waals surface area contributed by atoms with Crippen LogP contribution in [0.1, 0.15) is 38.0 Å². The Bertz CT molecular complexity index is 647. The molecule has 21 heavy (non-hydrogen) atoms. The molecule has 0 bridgehead atoms. The van der Waals surface area contributed by atoms with Gasteiger partial charge in [-0.2, -0.15) is 0 Å². The molecule has 0 spiro atoms. The number of benzene rings is 2. The molecule has 110 valence electrons. The Labute approximate surface area is 125 Å². The number of fused-ring (bicyclic) bond motifs is 1. The van der Waals surface area contributed by atoms with Gasteiger partial charge in [0.1, 0.15) is 11.7 Å². The summed E-state index contributed by atoms with van der Waals surface area (Å²) in [5, 5.41) is 0. The predicted octanol–water partition coefficient (Wildman–Crippen LogP) is 4.12. The summed E-state index contributed by atoms with van der Waals surface area (Å²) in [5.74, 6) is 1.69. The van der Waals surface area contributed by atoms with E-state index in [4.69, 9.17) is 15.2 Å². The summed E-state index contributed by atoms with van der Waals surface area (Å²) in [6, 6.07) is 13.9. The molecule has 1 atom stereocenters. The maximum absolute atomic E-state index is 6.11. The highest BCUT2D eigenvalue weighted by Crippen LogP contribution is 2.43. The van der Waals surface area contributed by atoms with Crippen LogP contribution in [-0.2, 0) is 6.42 Å². The Kier molecular flexibility index (Phi) is 3.28. The van der Waals surface area contributed by atoms with E-state index < -0.39 is 0 Å². The fourth-order valence-corrected chi connectivity index (χ4v) is 2.71. The Morgan fingerprint density at radius 1 is 1.14 bits per heavy atom. The highest BCUT2D eigenvalue weighted by molar-refractivity contribution is 5.50. The summed E-state index contributed by atoms with van der Waals surface area (Å²) >= 11 is 0. The molecule has 0 aliphatic carbocycles. The topological polar surface area (TPSA) is 44.5 Å². The van der Waals surface area contributed by atoms with Crippen molar-refractivity contribution in [2.45, 2.75) is 38.9 Å². The molecule has 3 heteroatoms. The molecule has 0 amide bonds. The largest absolute Gasteiger partial charge is 0.483 e. The van der Waals surface area contributed by atoms with Crippen molar-refractivity contribution in [3.63, 3.8) is 0 Å². The number of rotatable bonds is 3. The third-order valence-corrected chi connectivity index (χ3v) is 3.76. The van der Waals surface area contributed by atoms with E-state index in [2.05, 4.69) is 19.9 Å². The van der Waals surface area contributed by atoms with Gasteiger partial charge >= 0.3 is 0 Å². The van der Waals surface area contributed by atoms with E-state index >= 15 is 0 Å². The molecule has 0 radical (unpaired) electrons. The van der Waals surface area contributed by atoms with E-state index in [1.54, 1.807) is 0 Å². The zero-order valence-corrected chi connectivity index (χ0v) is 12.7. The molecule has 1 heterocycles. The van der Waals surface area contributed by atoms with Gasteiger partial charge in [-0.15, -0.1) is 0 Å². The average Bonchev–Trinajstić information content (AvgIpc) is 2.74. The normalized spacial score (nSPS) is 16.9. The van der Waals surface area contributed by atoms with Crippen LogP contribution in [0, 0.1) is 0 Å². The molecule has 1 unspecified atom stereocenters. The third kappa shape index (κ3) is 2.82. The van der Waals surface area contributed by atoms with Crippen LogP contribution in [0.5, 0.6) is 11.5 Å². The molecule has 0 fully saturated rings. The fourth-order valence-electron chi connectivity index (χ4n) is 2.71. The first-order chi connectivity index (χ1) is 9.94. The van der Waals surface area contributed by atoms with Gasteiger partial charge in [0, 0.05) is 17.7 Å². The number of hydrogen-bond donors (Lipinski definition) is 1. The number of nitrogen functional groups attached to an aromatic ring is 1. The molecule has 0 saturated carbocycles. The van der Waals surface area contributed by atoms with Gasteiger partial charge in [0.05, 0.1) is 0 Å². The lowest BCUT2D eigenvalue weighted by Gasteiger charge is -2.20. The Hall–Kier alpha value is -2.16. The van der Waals surface area contributed by atoms with Crippen LogP contribution >= 0.6 is 0 Å². The second kappa shape index (κ2) is 4.99. The Morgan fingerprint density at radius 3 is 2.57 bits per heavy atom. The van der Waals surface area contributed by atoms with Crippen molar-refractivity contribution < 1.29 is 9.47 Å². The fraction of sp³-hybridized carbons (Fsp3) is 0.333. The van der Waals surface area contributed by atoms with Crippen LogP contribution in [0.15, 0.2) is 42.5 Å². The average molecular weight is 283 g/mol. The summed E-state index contributed by atoms with van der Waals surface area (Å²) < 4.78 is 12.1. The molecule has 1 aliphatic heterocycles. The number of ether oxygens (including phenoxy) is 2. The molecule has 1 aliphatic rings. The minimum absolute atomic E-state index is 0.0515. The van der Waals surface area contributed by atoms with Crippen molar-refractivity contribution in [3.05, 3.63) is 53.6 Å². The summed E-state index contributed by atoms with van der Waals surface area (Å²) in [5.41, 5.74) is 8.63. The van der Waals surface area contributed by atoms with Crippen LogP contribution in [0.3, 0.4) is 0 Å². The summed E-state index contributed by atoms with van der Waals surface area (Å²) in [4.78, 5) is 0. The lowest BCUT2D eigenvalue weighted by molar-refractivity contribution is 0.127. The van der Waals surface area contributed by atoms with E-state index in [9.17, 15) is 0 Å². The van der Waals surface area contributed by atoms with Gasteiger partial charge in [-0.1, -0.05) is 24.3 Å². The molecule has 2 aromatic rings. The van der Waals surface area contributed by atoms with Crippen molar-refractivity contribution in [1.29, 1.82) is 0 Å². The first-order valence-corrected chi connectivity index (χ1v) is 7.28. The van der Waals surface area contributed by atoms with Gasteiger partial charge in [-0.25, -0.2) is 0 Å². The quantitative estimate of drug-likeness (QED) is 0.862. The van der Waals surface area contributed by atoms with Crippen molar-refractivity contribution in [2.24, 2.45) is 0 Å². The van der Waals surface area contributed by atoms with Gasteiger partial charge in [0.2, 0.25) is 0 Å². The summed E-state index contributed by atoms with van der Waals surface area (Å²) in [6.45, 7) is 6.23. The zero-order chi connectivity index (χ0) is 15.0. The van der Waals surface area contributed by atoms with Gasteiger partial charge in [0.25, 0.3) is 0 Å². The smallest absolute Gasteiger partial charge is 0.165 e. The molecular weight excluding hydrogens is 262 g/mol. The molecular formula is C18H21NO2. The maximum Gasteiger partial charge on any atom is 0.165 e. The first kappa shape index (κ1) is 13.8. The highest BCUT2D eigenvalue weighted by atomic mass is 16.5. The minimum atomic E-state index is -0.160. The number of anilines is 1. The van der Waals surface area contributed by atoms with Crippen LogP contribution < -0.4 is 15.2 Å². The highest BCUT2D eigenvalue weighted by Gasteiger charge is 2.32. The van der Waals surface area contributed by atoms with E-state index in [-0.39, 0.29) is 11.7 Å². The van der Waals surface area contributed by atoms with E-state index in [1.165, 1.54) is 5.56 Å². The Balaban J connectivity index is 1.83. The molecule has 3 rings (SSSR count). The van der Waals surface area contributed by atoms with E-state index in [0.717, 1.165) is 29.2 Å². The standard InChI is InChI=1S/C18H21NO2/c1-12(13-7-9-15(19)10-8-13)20-16-6-4-5-14-11-18(2,3)21-17(14)16/h4-10,12H,11,19H2,1-3H3. The third-order valence-electron chi connectivity index (χ3n) is 3.76. The predicted molar refractivity (Wildman–Crippen MR) is 84.8 cm³/mol. The summed E-state index contributed by atoms with van der Waals surface area (Å²) in [7, 11) is 0. The molecule has 2 aromatic carbocycles. The number of hydrogen-bond acceptors (Lipinski definition) is 3. The minimum Gasteiger partial charge on any atom is -0.483 e. The van der Waals surface area contributed by atoms with Crippen molar-refractivity contribution in [2.75, 3.05) is 5.73 Å². The molecule has 2 N–H and O–H groups in total. The SMILES string of the molecule is CC(Oc1cccc2c1OC(C)(C)C2)c1ccc(N)cc1. The summed E-state index contributed by atoms with van der Waals surface area (Å²) in [6.07, 6.45) is 0.861. The van der Waals surface area contributed by atoms with E-state index in [1.807, 2.05) is 43.3 Å². The van der Waals surface area contributed by atoms with Crippen molar-refractivity contribution in [1.82, 2.24) is 0 Å². The van der Waals surface area contributed by atoms with E-state index in [0.29, 0.717) is 0 Å². The van der Waals surface area contributed by atoms with Crippen molar-refractivity contribution >= 4 is 5.69 Å². The first-order valence-electron chi connectivity index (χ1n) is 7.28. The van der Waals surface area contributed by atoms with Crippen LogP contribution in [0.25, 0.3) is 0 Å². The number of para-hydroxylation sites is 1. The molecule has 0 saturated heterocycles. The zero-order valence-electron chi connectivity index (χ0n) is 12.7. The maximum atomic E-state index is 6.11. The Morgan fingerprint density at radius 2 is 1.86 bits per heavy atom. The number of nitrogens with two attached hydrogens (primary N) is 1. The van der Waals surface area contributed by atoms with Crippen molar-refractivity contribution in [3.8, 4) is 11.5 Å². The second-order valence-electron chi connectivity index (χ2n) is 6.21. The lowest BCUT2D eigenvalue weighted by Crippen LogP contribution is -2.24. The molecule has 0 aromatic heterocycles. The molecule has 3 nitrogen and oxygen atoms in total. The van der Waals surface area contributed by atoms with Crippen LogP contribution in [0.4, 0.5) is 5.69 Å². The van der Waals surface area contributed by atoms with Gasteiger partial charge in [-0.05, 0) is 44.5 Å². The second-order valence-corrected chi connectivity index (χ2v) is 6.21. The van der Waals surface area contributed by atoms with Gasteiger partial charge < -0.3 is 15.2 Å².